The van der Waals surface area contributed by atoms with Gasteiger partial charge in [-0.1, -0.05) is 37.3 Å². The number of fused-ring (bicyclic) bond motifs is 6. The minimum Gasteiger partial charge on any atom is -0.480 e. The highest BCUT2D eigenvalue weighted by Gasteiger charge is 2.27. The van der Waals surface area contributed by atoms with Crippen molar-refractivity contribution in [1.82, 2.24) is 0 Å². The second-order valence-corrected chi connectivity index (χ2v) is 7.03. The lowest BCUT2D eigenvalue weighted by Gasteiger charge is -2.24. The van der Waals surface area contributed by atoms with Crippen molar-refractivity contribution in [2.75, 3.05) is 0 Å². The molecule has 0 fully saturated rings. The Bertz CT molecular complexity index is 1410. The topological polar surface area (TPSA) is 69.7 Å². The molecule has 1 aliphatic rings. The molecule has 5 nitrogen and oxygen atoms in total. The standard InChI is InChI=1S/C24H17O5/c1-3-14-12-19(26)29-24-20(14)22-16(23-21(24)17(25)11-13(2)27-23)9-10-18(28-22)15-7-5-4-6-8-15/h4-11,18H,3H2,1-2H3. The molecule has 1 unspecified atom stereocenters. The summed E-state index contributed by atoms with van der Waals surface area (Å²) in [5, 5.41) is 0.840. The molecule has 2 aromatic heterocycles. The fourth-order valence-corrected chi connectivity index (χ4v) is 3.87. The zero-order valence-electron chi connectivity index (χ0n) is 15.9. The highest BCUT2D eigenvalue weighted by molar-refractivity contribution is 6.10. The predicted octanol–water partition coefficient (Wildman–Crippen LogP) is 4.72. The van der Waals surface area contributed by atoms with Crippen LogP contribution in [0.2, 0.25) is 0 Å². The molecule has 1 aliphatic heterocycles. The number of hydrogen-bond donors (Lipinski definition) is 0. The summed E-state index contributed by atoms with van der Waals surface area (Å²) in [6.45, 7) is 3.64. The van der Waals surface area contributed by atoms with E-state index in [9.17, 15) is 9.59 Å². The average molecular weight is 385 g/mol. The molecule has 1 atom stereocenters. The van der Waals surface area contributed by atoms with Gasteiger partial charge < -0.3 is 13.6 Å². The maximum absolute atomic E-state index is 12.8. The van der Waals surface area contributed by atoms with Gasteiger partial charge in [-0.3, -0.25) is 4.79 Å². The summed E-state index contributed by atoms with van der Waals surface area (Å²) in [4.78, 5) is 24.9. The molecule has 0 N–H and O–H groups in total. The van der Waals surface area contributed by atoms with Gasteiger partial charge in [-0.25, -0.2) is 4.79 Å². The first kappa shape index (κ1) is 17.5. The van der Waals surface area contributed by atoms with E-state index < -0.39 is 5.63 Å². The molecule has 143 valence electrons. The van der Waals surface area contributed by atoms with Gasteiger partial charge in [-0.05, 0) is 36.6 Å². The van der Waals surface area contributed by atoms with E-state index in [1.54, 1.807) is 6.92 Å². The zero-order valence-corrected chi connectivity index (χ0v) is 15.9. The average Bonchev–Trinajstić information content (AvgIpc) is 2.72. The Labute approximate surface area is 165 Å². The molecule has 0 spiro atoms. The van der Waals surface area contributed by atoms with Crippen molar-refractivity contribution in [1.29, 1.82) is 0 Å². The molecule has 0 amide bonds. The third-order valence-corrected chi connectivity index (χ3v) is 5.15. The number of rotatable bonds is 2. The van der Waals surface area contributed by atoms with Gasteiger partial charge in [-0.15, -0.1) is 0 Å². The maximum Gasteiger partial charge on any atom is 0.344 e. The van der Waals surface area contributed by atoms with Crippen molar-refractivity contribution in [2.45, 2.75) is 26.4 Å². The minimum absolute atomic E-state index is 0.190. The fraction of sp³-hybridized carbons (Fsp3) is 0.167. The van der Waals surface area contributed by atoms with Crippen LogP contribution in [-0.2, 0) is 6.42 Å². The van der Waals surface area contributed by atoms with Gasteiger partial charge in [0.25, 0.3) is 0 Å². The second kappa shape index (κ2) is 6.48. The number of hydrogen-bond acceptors (Lipinski definition) is 5. The Balaban J connectivity index is 1.93. The van der Waals surface area contributed by atoms with Crippen LogP contribution >= 0.6 is 0 Å². The largest absolute Gasteiger partial charge is 0.480 e. The van der Waals surface area contributed by atoms with Crippen LogP contribution in [0.5, 0.6) is 5.75 Å². The Morgan fingerprint density at radius 2 is 1.83 bits per heavy atom. The van der Waals surface area contributed by atoms with E-state index in [-0.39, 0.29) is 22.5 Å². The quantitative estimate of drug-likeness (QED) is 0.369. The van der Waals surface area contributed by atoms with Crippen molar-refractivity contribution < 1.29 is 13.6 Å². The SMILES string of the molecule is CCc1[c]c(=O)oc2c1c1c(c3oc(C)cc(=O)c32)C=CC(c2ccccc2)O1. The fourth-order valence-electron chi connectivity index (χ4n) is 3.87. The molecule has 3 heterocycles. The first-order valence-electron chi connectivity index (χ1n) is 9.46. The Kier molecular flexibility index (Phi) is 3.91. The van der Waals surface area contributed by atoms with Crippen molar-refractivity contribution in [2.24, 2.45) is 0 Å². The lowest BCUT2D eigenvalue weighted by molar-refractivity contribution is 0.254. The predicted molar refractivity (Wildman–Crippen MR) is 110 cm³/mol. The first-order chi connectivity index (χ1) is 14.1. The third-order valence-electron chi connectivity index (χ3n) is 5.15. The van der Waals surface area contributed by atoms with Crippen LogP contribution in [0, 0.1) is 13.0 Å². The molecular weight excluding hydrogens is 368 g/mol. The maximum atomic E-state index is 12.8. The Morgan fingerprint density at radius 3 is 2.59 bits per heavy atom. The summed E-state index contributed by atoms with van der Waals surface area (Å²) in [7, 11) is 0. The summed E-state index contributed by atoms with van der Waals surface area (Å²) >= 11 is 0. The molecule has 4 aromatic rings. The summed E-state index contributed by atoms with van der Waals surface area (Å²) in [5.74, 6) is 1.01. The minimum atomic E-state index is -0.624. The van der Waals surface area contributed by atoms with E-state index >= 15 is 0 Å². The van der Waals surface area contributed by atoms with E-state index in [0.29, 0.717) is 40.0 Å². The molecule has 0 saturated heterocycles. The molecule has 2 aromatic carbocycles. The highest BCUT2D eigenvalue weighted by Crippen LogP contribution is 2.44. The van der Waals surface area contributed by atoms with Crippen molar-refractivity contribution >= 4 is 28.0 Å². The van der Waals surface area contributed by atoms with E-state index in [1.807, 2.05) is 49.4 Å². The van der Waals surface area contributed by atoms with Crippen molar-refractivity contribution in [3.8, 4) is 5.75 Å². The van der Waals surface area contributed by atoms with E-state index in [4.69, 9.17) is 13.6 Å². The second-order valence-electron chi connectivity index (χ2n) is 7.03. The Hall–Kier alpha value is -3.60. The van der Waals surface area contributed by atoms with E-state index in [0.717, 1.165) is 5.56 Å². The van der Waals surface area contributed by atoms with Gasteiger partial charge in [0.15, 0.2) is 16.6 Å². The van der Waals surface area contributed by atoms with Gasteiger partial charge in [0.05, 0.1) is 17.0 Å². The molecule has 5 heteroatoms. The number of ether oxygens (including phenoxy) is 1. The monoisotopic (exact) mass is 385 g/mol. The van der Waals surface area contributed by atoms with E-state index in [2.05, 4.69) is 6.07 Å². The molecule has 0 bridgehead atoms. The van der Waals surface area contributed by atoms with Crippen LogP contribution in [0.15, 0.2) is 60.9 Å². The van der Waals surface area contributed by atoms with Gasteiger partial charge >= 0.3 is 5.63 Å². The molecule has 5 rings (SSSR count). The normalized spacial score (nSPS) is 15.4. The van der Waals surface area contributed by atoms with Gasteiger partial charge in [-0.2, -0.15) is 0 Å². The Morgan fingerprint density at radius 1 is 1.03 bits per heavy atom. The number of benzene rings is 2. The summed E-state index contributed by atoms with van der Waals surface area (Å²) < 4.78 is 17.7. The van der Waals surface area contributed by atoms with Crippen LogP contribution in [0.25, 0.3) is 28.0 Å². The van der Waals surface area contributed by atoms with Gasteiger partial charge in [0.2, 0.25) is 0 Å². The van der Waals surface area contributed by atoms with Crippen molar-refractivity contribution in [3.63, 3.8) is 0 Å². The summed E-state index contributed by atoms with van der Waals surface area (Å²) in [6, 6.07) is 14.0. The first-order valence-corrected chi connectivity index (χ1v) is 9.46. The van der Waals surface area contributed by atoms with Crippen LogP contribution in [0.3, 0.4) is 0 Å². The van der Waals surface area contributed by atoms with Gasteiger partial charge in [0.1, 0.15) is 23.0 Å². The van der Waals surface area contributed by atoms with Crippen LogP contribution < -0.4 is 15.8 Å². The zero-order chi connectivity index (χ0) is 20.1. The molecule has 29 heavy (non-hydrogen) atoms. The lowest BCUT2D eigenvalue weighted by Crippen LogP contribution is -2.13. The van der Waals surface area contributed by atoms with Crippen LogP contribution in [-0.4, -0.2) is 0 Å². The smallest absolute Gasteiger partial charge is 0.344 e. The lowest BCUT2D eigenvalue weighted by atomic mass is 9.96. The summed E-state index contributed by atoms with van der Waals surface area (Å²) in [6.07, 6.45) is 4.07. The molecule has 1 radical (unpaired) electrons. The van der Waals surface area contributed by atoms with Crippen LogP contribution in [0.1, 0.15) is 35.5 Å². The van der Waals surface area contributed by atoms with E-state index in [1.165, 1.54) is 6.07 Å². The third kappa shape index (κ3) is 2.70. The molecular formula is C24H17O5. The van der Waals surface area contributed by atoms with Gasteiger partial charge in [0, 0.05) is 6.07 Å². The number of aryl methyl sites for hydroxylation is 2. The van der Waals surface area contributed by atoms with Crippen LogP contribution in [0.4, 0.5) is 0 Å². The molecule has 0 aliphatic carbocycles. The molecule has 0 saturated carbocycles. The highest BCUT2D eigenvalue weighted by atomic mass is 16.5. The van der Waals surface area contributed by atoms with Crippen molar-refractivity contribution in [3.05, 3.63) is 91.6 Å². The summed E-state index contributed by atoms with van der Waals surface area (Å²) in [5.41, 5.74) is 1.97.